The first-order chi connectivity index (χ1) is 12.4. The van der Waals surface area contributed by atoms with E-state index in [2.05, 4.69) is 25.7 Å². The zero-order valence-corrected chi connectivity index (χ0v) is 16.1. The summed E-state index contributed by atoms with van der Waals surface area (Å²) in [7, 11) is 1.77. The van der Waals surface area contributed by atoms with Crippen LogP contribution in [0, 0.1) is 29.1 Å². The quantitative estimate of drug-likeness (QED) is 0.747. The summed E-state index contributed by atoms with van der Waals surface area (Å²) in [6, 6.07) is 0. The summed E-state index contributed by atoms with van der Waals surface area (Å²) in [6.45, 7) is 6.46. The molecule has 0 aromatic rings. The first kappa shape index (κ1) is 18.1. The van der Waals surface area contributed by atoms with E-state index in [0.717, 1.165) is 37.0 Å². The van der Waals surface area contributed by atoms with Gasteiger partial charge in [-0.1, -0.05) is 31.7 Å². The Morgan fingerprint density at radius 2 is 2.15 bits per heavy atom. The average Bonchev–Trinajstić information content (AvgIpc) is 2.86. The molecule has 0 aromatic carbocycles. The maximum Gasteiger partial charge on any atom is 0.109 e. The Kier molecular flexibility index (Phi) is 4.44. The van der Waals surface area contributed by atoms with Crippen LogP contribution in [0.4, 0.5) is 0 Å². The largest absolute Gasteiger partial charge is 0.501 e. The van der Waals surface area contributed by atoms with E-state index in [-0.39, 0.29) is 12.0 Å². The molecule has 0 bridgehead atoms. The molecule has 4 aliphatic rings. The van der Waals surface area contributed by atoms with Gasteiger partial charge in [-0.3, -0.25) is 0 Å². The lowest BCUT2D eigenvalue weighted by Gasteiger charge is -2.54. The van der Waals surface area contributed by atoms with E-state index in [1.165, 1.54) is 18.4 Å². The van der Waals surface area contributed by atoms with E-state index in [0.29, 0.717) is 23.7 Å². The van der Waals surface area contributed by atoms with Gasteiger partial charge in [0.05, 0.1) is 19.5 Å². The number of ether oxygens (including phenoxy) is 1. The fourth-order valence-electron chi connectivity index (χ4n) is 6.62. The van der Waals surface area contributed by atoms with Crippen LogP contribution in [0.15, 0.2) is 47.8 Å². The molecule has 2 saturated carbocycles. The molecule has 0 saturated heterocycles. The Bertz CT molecular complexity index is 688. The molecule has 2 N–H and O–H groups in total. The molecule has 26 heavy (non-hydrogen) atoms. The minimum absolute atomic E-state index is 0.0370. The Morgan fingerprint density at radius 1 is 1.35 bits per heavy atom. The Morgan fingerprint density at radius 3 is 2.88 bits per heavy atom. The van der Waals surface area contributed by atoms with E-state index < -0.39 is 5.60 Å². The molecule has 3 heteroatoms. The molecule has 0 amide bonds. The lowest BCUT2D eigenvalue weighted by molar-refractivity contribution is -0.0765. The highest BCUT2D eigenvalue weighted by Crippen LogP contribution is 2.65. The van der Waals surface area contributed by atoms with E-state index >= 15 is 0 Å². The van der Waals surface area contributed by atoms with Gasteiger partial charge in [0, 0.05) is 11.8 Å². The van der Waals surface area contributed by atoms with Gasteiger partial charge < -0.3 is 14.9 Å². The van der Waals surface area contributed by atoms with Gasteiger partial charge in [0.1, 0.15) is 5.60 Å². The Labute approximate surface area is 157 Å². The predicted octanol–water partition coefficient (Wildman–Crippen LogP) is 4.15. The number of aliphatic hydroxyl groups is 2. The maximum absolute atomic E-state index is 11.5. The normalized spacial score (nSPS) is 44.8. The molecular weight excluding hydrogens is 324 g/mol. The van der Waals surface area contributed by atoms with Crippen LogP contribution >= 0.6 is 0 Å². The minimum Gasteiger partial charge on any atom is -0.501 e. The van der Waals surface area contributed by atoms with Crippen molar-refractivity contribution in [3.63, 3.8) is 0 Å². The zero-order valence-electron chi connectivity index (χ0n) is 16.1. The van der Waals surface area contributed by atoms with Crippen LogP contribution in [-0.4, -0.2) is 29.5 Å². The SMILES string of the molecule is C=C1C[C@H]2[C@@H]3CC=C4C=C(OC)CC[C@@H]4[C@H]3CC[C@]2(C)[C@]1(O)C=CCO. The lowest BCUT2D eigenvalue weighted by Crippen LogP contribution is -2.51. The molecule has 4 aliphatic carbocycles. The summed E-state index contributed by atoms with van der Waals surface area (Å²) in [5.41, 5.74) is 1.25. The average molecular weight is 357 g/mol. The molecule has 2 fully saturated rings. The van der Waals surface area contributed by atoms with E-state index in [1.54, 1.807) is 13.2 Å². The van der Waals surface area contributed by atoms with Crippen molar-refractivity contribution in [2.24, 2.45) is 29.1 Å². The van der Waals surface area contributed by atoms with Crippen molar-refractivity contribution < 1.29 is 14.9 Å². The third-order valence-electron chi connectivity index (χ3n) is 8.08. The molecule has 4 rings (SSSR count). The van der Waals surface area contributed by atoms with Crippen LogP contribution in [0.5, 0.6) is 0 Å². The maximum atomic E-state index is 11.5. The van der Waals surface area contributed by atoms with Crippen LogP contribution in [0.2, 0.25) is 0 Å². The second kappa shape index (κ2) is 6.38. The number of aliphatic hydroxyl groups excluding tert-OH is 1. The first-order valence-corrected chi connectivity index (χ1v) is 10.1. The Hall–Kier alpha value is -1.32. The van der Waals surface area contributed by atoms with Crippen molar-refractivity contribution in [1.82, 2.24) is 0 Å². The van der Waals surface area contributed by atoms with Crippen LogP contribution in [-0.2, 0) is 4.74 Å². The van der Waals surface area contributed by atoms with Gasteiger partial charge in [-0.25, -0.2) is 0 Å². The number of allylic oxidation sites excluding steroid dienone is 4. The number of fused-ring (bicyclic) bond motifs is 5. The second-order valence-electron chi connectivity index (χ2n) is 8.95. The van der Waals surface area contributed by atoms with Crippen molar-refractivity contribution >= 4 is 0 Å². The standard InChI is InChI=1S/C23H32O3/c1-15-13-21-20-7-5-16-14-17(26-3)6-8-18(16)19(20)9-11-22(21,2)23(15,25)10-4-12-24/h4-5,10,14,18-21,24-25H,1,6-9,11-13H2,2-3H3/t18-,19+,20+,21-,22-,23-/m0/s1. The monoisotopic (exact) mass is 356 g/mol. The van der Waals surface area contributed by atoms with Gasteiger partial charge in [-0.15, -0.1) is 0 Å². The fourth-order valence-corrected chi connectivity index (χ4v) is 6.62. The van der Waals surface area contributed by atoms with E-state index in [4.69, 9.17) is 4.74 Å². The first-order valence-electron chi connectivity index (χ1n) is 10.1. The smallest absolute Gasteiger partial charge is 0.109 e. The van der Waals surface area contributed by atoms with Crippen LogP contribution in [0.25, 0.3) is 0 Å². The molecule has 0 unspecified atom stereocenters. The minimum atomic E-state index is -0.981. The third kappa shape index (κ3) is 2.40. The van der Waals surface area contributed by atoms with Crippen LogP contribution < -0.4 is 0 Å². The lowest BCUT2D eigenvalue weighted by atomic mass is 9.51. The molecule has 0 radical (unpaired) electrons. The summed E-state index contributed by atoms with van der Waals surface area (Å²) >= 11 is 0. The summed E-state index contributed by atoms with van der Waals surface area (Å²) in [6.07, 6.45) is 14.6. The summed E-state index contributed by atoms with van der Waals surface area (Å²) in [5.74, 6) is 3.55. The van der Waals surface area contributed by atoms with Crippen molar-refractivity contribution in [2.45, 2.75) is 51.0 Å². The summed E-state index contributed by atoms with van der Waals surface area (Å²) < 4.78 is 5.49. The molecule has 0 spiro atoms. The highest BCUT2D eigenvalue weighted by Gasteiger charge is 2.62. The number of hydrogen-bond donors (Lipinski definition) is 2. The van der Waals surface area contributed by atoms with Crippen molar-refractivity contribution in [3.8, 4) is 0 Å². The van der Waals surface area contributed by atoms with Gasteiger partial charge >= 0.3 is 0 Å². The third-order valence-corrected chi connectivity index (χ3v) is 8.08. The number of rotatable bonds is 3. The highest BCUT2D eigenvalue weighted by molar-refractivity contribution is 5.38. The van der Waals surface area contributed by atoms with Crippen molar-refractivity contribution in [3.05, 3.63) is 47.8 Å². The molecule has 6 atom stereocenters. The summed E-state index contributed by atoms with van der Waals surface area (Å²) in [4.78, 5) is 0. The van der Waals surface area contributed by atoms with Gasteiger partial charge in [-0.2, -0.15) is 0 Å². The van der Waals surface area contributed by atoms with Crippen molar-refractivity contribution in [2.75, 3.05) is 13.7 Å². The number of methoxy groups -OCH3 is 1. The highest BCUT2D eigenvalue weighted by atomic mass is 16.5. The van der Waals surface area contributed by atoms with Crippen LogP contribution in [0.3, 0.4) is 0 Å². The van der Waals surface area contributed by atoms with E-state index in [9.17, 15) is 10.2 Å². The molecule has 3 nitrogen and oxygen atoms in total. The van der Waals surface area contributed by atoms with E-state index in [1.807, 2.05) is 6.08 Å². The van der Waals surface area contributed by atoms with Gasteiger partial charge in [-0.05, 0) is 73.0 Å². The molecule has 142 valence electrons. The van der Waals surface area contributed by atoms with Crippen LogP contribution in [0.1, 0.15) is 45.4 Å². The predicted molar refractivity (Wildman–Crippen MR) is 103 cm³/mol. The fraction of sp³-hybridized carbons (Fsp3) is 0.652. The Balaban J connectivity index is 1.66. The molecule has 0 heterocycles. The van der Waals surface area contributed by atoms with Crippen molar-refractivity contribution in [1.29, 1.82) is 0 Å². The second-order valence-corrected chi connectivity index (χ2v) is 8.95. The molecule has 0 aliphatic heterocycles. The summed E-state index contributed by atoms with van der Waals surface area (Å²) in [5, 5.41) is 20.7. The molecular formula is C23H32O3. The molecule has 0 aromatic heterocycles. The van der Waals surface area contributed by atoms with Gasteiger partial charge in [0.15, 0.2) is 0 Å². The van der Waals surface area contributed by atoms with Gasteiger partial charge in [0.2, 0.25) is 0 Å². The van der Waals surface area contributed by atoms with Gasteiger partial charge in [0.25, 0.3) is 0 Å². The number of hydrogen-bond acceptors (Lipinski definition) is 3. The zero-order chi connectivity index (χ0) is 18.5. The topological polar surface area (TPSA) is 49.7 Å².